The van der Waals surface area contributed by atoms with Crippen LogP contribution in [0, 0.1) is 0 Å². The van der Waals surface area contributed by atoms with Crippen LogP contribution in [0.3, 0.4) is 0 Å². The van der Waals surface area contributed by atoms with Crippen LogP contribution < -0.4 is 5.32 Å². The number of carbonyl (C=O) groups excluding carboxylic acids is 2. The van der Waals surface area contributed by atoms with Crippen molar-refractivity contribution in [1.82, 2.24) is 15.0 Å². The second-order valence-electron chi connectivity index (χ2n) is 6.04. The fourth-order valence-corrected chi connectivity index (χ4v) is 3.47. The van der Waals surface area contributed by atoms with Crippen LogP contribution in [0.25, 0.3) is 21.6 Å². The fraction of sp³-hybridized carbons (Fsp3) is 0.100. The normalized spacial score (nSPS) is 11.9. The summed E-state index contributed by atoms with van der Waals surface area (Å²) in [6, 6.07) is 14.4. The standard InChI is InChI=1S/C20H16N4O3S/c1-12(18(25)24-20-23-15-4-2-3-5-16(15)28-20)27-19(26)14-8-6-13(7-9-14)17-21-10-11-22-17/h2-12H,1H3,(H,21,22)(H,23,24,25). The molecule has 1 amide bonds. The number of ether oxygens (including phenoxy) is 1. The number of hydrogen-bond donors (Lipinski definition) is 2. The zero-order valence-electron chi connectivity index (χ0n) is 14.9. The van der Waals surface area contributed by atoms with E-state index < -0.39 is 18.0 Å². The number of para-hydroxylation sites is 1. The number of esters is 1. The number of fused-ring (bicyclic) bond motifs is 1. The van der Waals surface area contributed by atoms with Crippen molar-refractivity contribution < 1.29 is 14.3 Å². The number of aromatic amines is 1. The van der Waals surface area contributed by atoms with Crippen LogP contribution in [0.15, 0.2) is 60.9 Å². The van der Waals surface area contributed by atoms with Crippen LogP contribution in [0.4, 0.5) is 5.13 Å². The highest BCUT2D eigenvalue weighted by atomic mass is 32.1. The number of thiazole rings is 1. The lowest BCUT2D eigenvalue weighted by Crippen LogP contribution is -2.29. The van der Waals surface area contributed by atoms with Crippen molar-refractivity contribution in [3.8, 4) is 11.4 Å². The maximum atomic E-state index is 12.3. The molecular formula is C20H16N4O3S. The largest absolute Gasteiger partial charge is 0.449 e. The van der Waals surface area contributed by atoms with Crippen LogP contribution in [0.5, 0.6) is 0 Å². The first kappa shape index (κ1) is 17.9. The molecule has 2 aromatic heterocycles. The second kappa shape index (κ2) is 7.61. The monoisotopic (exact) mass is 392 g/mol. The van der Waals surface area contributed by atoms with Crippen LogP contribution in [0.2, 0.25) is 0 Å². The first-order chi connectivity index (χ1) is 13.6. The van der Waals surface area contributed by atoms with E-state index in [1.54, 1.807) is 36.7 Å². The molecule has 0 bridgehead atoms. The molecule has 1 unspecified atom stereocenters. The average Bonchev–Trinajstić information content (AvgIpc) is 3.37. The van der Waals surface area contributed by atoms with Gasteiger partial charge in [-0.15, -0.1) is 0 Å². The van der Waals surface area contributed by atoms with Crippen molar-refractivity contribution >= 4 is 38.6 Å². The van der Waals surface area contributed by atoms with Crippen LogP contribution in [-0.4, -0.2) is 32.9 Å². The lowest BCUT2D eigenvalue weighted by Gasteiger charge is -2.12. The van der Waals surface area contributed by atoms with Crippen molar-refractivity contribution in [2.45, 2.75) is 13.0 Å². The first-order valence-corrected chi connectivity index (χ1v) is 9.39. The van der Waals surface area contributed by atoms with E-state index in [2.05, 4.69) is 20.3 Å². The van der Waals surface area contributed by atoms with E-state index in [1.807, 2.05) is 24.3 Å². The van der Waals surface area contributed by atoms with E-state index in [9.17, 15) is 9.59 Å². The van der Waals surface area contributed by atoms with E-state index >= 15 is 0 Å². The number of hydrogen-bond acceptors (Lipinski definition) is 6. The predicted octanol–water partition coefficient (Wildman–Crippen LogP) is 3.87. The summed E-state index contributed by atoms with van der Waals surface area (Å²) in [5.41, 5.74) is 2.02. The van der Waals surface area contributed by atoms with E-state index in [-0.39, 0.29) is 0 Å². The number of aromatic nitrogens is 3. The number of H-pyrrole nitrogens is 1. The van der Waals surface area contributed by atoms with Crippen molar-refractivity contribution in [1.29, 1.82) is 0 Å². The molecule has 0 radical (unpaired) electrons. The van der Waals surface area contributed by atoms with Gasteiger partial charge in [0.1, 0.15) is 5.82 Å². The molecule has 7 nitrogen and oxygen atoms in total. The Morgan fingerprint density at radius 1 is 1.14 bits per heavy atom. The Bertz CT molecular complexity index is 1090. The van der Waals surface area contributed by atoms with Gasteiger partial charge in [0.25, 0.3) is 5.91 Å². The number of benzene rings is 2. The minimum absolute atomic E-state index is 0.356. The Balaban J connectivity index is 1.38. The van der Waals surface area contributed by atoms with E-state index in [1.165, 1.54) is 18.3 Å². The number of carbonyl (C=O) groups is 2. The van der Waals surface area contributed by atoms with Gasteiger partial charge >= 0.3 is 5.97 Å². The van der Waals surface area contributed by atoms with Gasteiger partial charge in [-0.05, 0) is 31.2 Å². The van der Waals surface area contributed by atoms with Gasteiger partial charge in [0, 0.05) is 18.0 Å². The third-order valence-corrected chi connectivity index (χ3v) is 5.02. The molecule has 28 heavy (non-hydrogen) atoms. The molecule has 2 N–H and O–H groups in total. The summed E-state index contributed by atoms with van der Waals surface area (Å²) in [7, 11) is 0. The Kier molecular flexibility index (Phi) is 4.86. The number of imidazole rings is 1. The smallest absolute Gasteiger partial charge is 0.338 e. The SMILES string of the molecule is CC(OC(=O)c1ccc(-c2ncc[nH]2)cc1)C(=O)Nc1nc2ccccc2s1. The van der Waals surface area contributed by atoms with E-state index in [0.29, 0.717) is 16.5 Å². The molecule has 0 aliphatic carbocycles. The van der Waals surface area contributed by atoms with E-state index in [4.69, 9.17) is 4.74 Å². The molecule has 2 heterocycles. The summed E-state index contributed by atoms with van der Waals surface area (Å²) < 4.78 is 6.25. The molecular weight excluding hydrogens is 376 g/mol. The number of amides is 1. The third-order valence-electron chi connectivity index (χ3n) is 4.07. The molecule has 1 atom stereocenters. The summed E-state index contributed by atoms with van der Waals surface area (Å²) >= 11 is 1.37. The summed E-state index contributed by atoms with van der Waals surface area (Å²) in [4.78, 5) is 36.1. The molecule has 140 valence electrons. The van der Waals surface area contributed by atoms with Crippen LogP contribution in [0.1, 0.15) is 17.3 Å². The van der Waals surface area contributed by atoms with Crippen molar-refractivity contribution in [2.75, 3.05) is 5.32 Å². The maximum Gasteiger partial charge on any atom is 0.338 e. The van der Waals surface area contributed by atoms with Crippen molar-refractivity contribution in [2.24, 2.45) is 0 Å². The minimum Gasteiger partial charge on any atom is -0.449 e. The van der Waals surface area contributed by atoms with Gasteiger partial charge in [-0.2, -0.15) is 0 Å². The summed E-state index contributed by atoms with van der Waals surface area (Å²) in [6.45, 7) is 1.53. The van der Waals surface area contributed by atoms with Crippen molar-refractivity contribution in [3.05, 3.63) is 66.5 Å². The Hall–Kier alpha value is -3.52. The van der Waals surface area contributed by atoms with Gasteiger partial charge in [-0.25, -0.2) is 14.8 Å². The highest BCUT2D eigenvalue weighted by molar-refractivity contribution is 7.22. The molecule has 4 rings (SSSR count). The molecule has 0 aliphatic rings. The van der Waals surface area contributed by atoms with Crippen LogP contribution in [-0.2, 0) is 9.53 Å². The summed E-state index contributed by atoms with van der Waals surface area (Å²) in [5, 5.41) is 3.16. The van der Waals surface area contributed by atoms with Gasteiger partial charge in [0.15, 0.2) is 11.2 Å². The van der Waals surface area contributed by atoms with Gasteiger partial charge in [-0.1, -0.05) is 35.6 Å². The number of nitrogens with zero attached hydrogens (tertiary/aromatic N) is 2. The number of anilines is 1. The Labute approximate surface area is 164 Å². The molecule has 0 saturated carbocycles. The zero-order chi connectivity index (χ0) is 19.5. The fourth-order valence-electron chi connectivity index (χ4n) is 2.60. The Morgan fingerprint density at radius 3 is 2.64 bits per heavy atom. The van der Waals surface area contributed by atoms with Gasteiger partial charge in [0.05, 0.1) is 15.8 Å². The van der Waals surface area contributed by atoms with Crippen LogP contribution >= 0.6 is 11.3 Å². The Morgan fingerprint density at radius 2 is 1.93 bits per heavy atom. The molecule has 0 saturated heterocycles. The second-order valence-corrected chi connectivity index (χ2v) is 7.07. The lowest BCUT2D eigenvalue weighted by atomic mass is 10.1. The van der Waals surface area contributed by atoms with Crippen molar-refractivity contribution in [3.63, 3.8) is 0 Å². The topological polar surface area (TPSA) is 97.0 Å². The molecule has 0 fully saturated rings. The predicted molar refractivity (Wildman–Crippen MR) is 107 cm³/mol. The summed E-state index contributed by atoms with van der Waals surface area (Å²) in [6.07, 6.45) is 2.43. The summed E-state index contributed by atoms with van der Waals surface area (Å²) in [5.74, 6) is -0.291. The van der Waals surface area contributed by atoms with Gasteiger partial charge in [-0.3, -0.25) is 10.1 Å². The quantitative estimate of drug-likeness (QED) is 0.503. The highest BCUT2D eigenvalue weighted by Crippen LogP contribution is 2.25. The van der Waals surface area contributed by atoms with Gasteiger partial charge < -0.3 is 9.72 Å². The van der Waals surface area contributed by atoms with E-state index in [0.717, 1.165) is 15.8 Å². The first-order valence-electron chi connectivity index (χ1n) is 8.57. The third kappa shape index (κ3) is 3.77. The number of rotatable bonds is 5. The molecule has 0 aliphatic heterocycles. The average molecular weight is 392 g/mol. The maximum absolute atomic E-state index is 12.3. The molecule has 4 aromatic rings. The molecule has 0 spiro atoms. The number of nitrogens with one attached hydrogen (secondary N) is 2. The van der Waals surface area contributed by atoms with Gasteiger partial charge in [0.2, 0.25) is 0 Å². The molecule has 2 aromatic carbocycles. The molecule has 8 heteroatoms. The zero-order valence-corrected chi connectivity index (χ0v) is 15.7. The lowest BCUT2D eigenvalue weighted by molar-refractivity contribution is -0.123. The highest BCUT2D eigenvalue weighted by Gasteiger charge is 2.20. The minimum atomic E-state index is -0.954.